The number of ketones is 1. The molecule has 0 N–H and O–H groups in total. The highest BCUT2D eigenvalue weighted by molar-refractivity contribution is 7.20. The van der Waals surface area contributed by atoms with E-state index in [2.05, 4.69) is 12.1 Å². The second-order valence-electron chi connectivity index (χ2n) is 16.9. The van der Waals surface area contributed by atoms with Gasteiger partial charge < -0.3 is 0 Å². The number of pyridine rings is 1. The van der Waals surface area contributed by atoms with Crippen molar-refractivity contribution in [2.45, 2.75) is 69.8 Å². The average molecular weight is 1100 g/mol. The zero-order valence-corrected chi connectivity index (χ0v) is 37.4. The zero-order chi connectivity index (χ0) is 56.9. The molecule has 1 aromatic heterocycles. The van der Waals surface area contributed by atoms with E-state index < -0.39 is 195 Å². The number of Topliss-reactive ketones (excluding diaryl/α,β-unsaturated/α-hetero) is 1. The molecule has 0 aliphatic carbocycles. The van der Waals surface area contributed by atoms with Crippen molar-refractivity contribution in [2.24, 2.45) is 5.92 Å². The van der Waals surface area contributed by atoms with Crippen molar-refractivity contribution in [3.63, 3.8) is 0 Å². The van der Waals surface area contributed by atoms with Crippen LogP contribution < -0.4 is 26.4 Å². The molecule has 0 radical (unpaired) electrons. The minimum absolute atomic E-state index is 0.0226. The van der Waals surface area contributed by atoms with Crippen LogP contribution in [0.2, 0.25) is 0 Å². The van der Waals surface area contributed by atoms with Crippen LogP contribution in [-0.2, 0) is 56.0 Å². The van der Waals surface area contributed by atoms with Gasteiger partial charge in [0.2, 0.25) is 11.5 Å². The lowest BCUT2D eigenvalue weighted by atomic mass is 9.12. The Bertz CT molecular complexity index is 2570. The summed E-state index contributed by atoms with van der Waals surface area (Å²) in [6, 6.07) is 7.13. The molecule has 6 rings (SSSR count). The van der Waals surface area contributed by atoms with Gasteiger partial charge in [0.1, 0.15) is 6.15 Å². The molecule has 0 unspecified atom stereocenters. The Labute approximate surface area is 407 Å². The molecule has 0 atom stereocenters. The minimum atomic E-state index is -6.13. The first-order valence-electron chi connectivity index (χ1n) is 20.9. The maximum absolute atomic E-state index is 14.2. The first-order chi connectivity index (χ1) is 33.9. The van der Waals surface area contributed by atoms with Crippen molar-refractivity contribution in [2.75, 3.05) is 0 Å². The van der Waals surface area contributed by atoms with Crippen LogP contribution in [0, 0.1) is 5.92 Å². The summed E-state index contributed by atoms with van der Waals surface area (Å²) in [6.07, 6.45) is -52.8. The molecule has 1 heterocycles. The number of carbonyl (C=O) groups is 1. The number of alkyl halides is 24. The van der Waals surface area contributed by atoms with Crippen LogP contribution in [-0.4, -0.2) is 11.9 Å². The number of hydrogen-bond donors (Lipinski definition) is 0. The molecular formula is C48H30BF24NO. The fraction of sp³-hybridized carbons (Fsp3) is 0.250. The molecule has 0 bridgehead atoms. The monoisotopic (exact) mass is 1100 g/mol. The number of hydrogen-bond acceptors (Lipinski definition) is 1. The van der Waals surface area contributed by atoms with Crippen LogP contribution in [0.1, 0.15) is 74.4 Å². The zero-order valence-electron chi connectivity index (χ0n) is 37.4. The lowest BCUT2D eigenvalue weighted by Gasteiger charge is -2.46. The standard InChI is InChI=1S/C32H12BF24.C16H18NO/c34-25(35,36)13-1-14(26(37,38)39)6-21(5-13)33(22-7-15(27(40,41)42)2-16(8-22)28(43,44)45,23-9-17(29(46,47)48)3-18(10-23)30(49,50)51)24-11-19(31(52,53)54)4-20(12-24)32(55,56)57;1-13(2)16(18)15-10-6-7-11-17(15)12-14-8-4-3-5-9-14/h1-12H;3-11,13H,12H2,1-2H3/q-1;+1. The van der Waals surface area contributed by atoms with Gasteiger partial charge in [0.05, 0.1) is 44.5 Å². The van der Waals surface area contributed by atoms with E-state index in [1.807, 2.05) is 61.0 Å². The Morgan fingerprint density at radius 2 is 0.613 bits per heavy atom. The van der Waals surface area contributed by atoms with E-state index >= 15 is 0 Å². The van der Waals surface area contributed by atoms with Crippen LogP contribution in [0.5, 0.6) is 0 Å². The molecule has 75 heavy (non-hydrogen) atoms. The normalized spacial score (nSPS) is 13.4. The maximum Gasteiger partial charge on any atom is 0.416 e. The number of rotatable bonds is 8. The third-order valence-corrected chi connectivity index (χ3v) is 11.4. The average Bonchev–Trinajstić information content (AvgIpc) is 3.27. The van der Waals surface area contributed by atoms with Gasteiger partial charge in [0.25, 0.3) is 0 Å². The summed E-state index contributed by atoms with van der Waals surface area (Å²) in [6.45, 7) is 4.60. The molecule has 0 aliphatic heterocycles. The number of halogens is 24. The first-order valence-corrected chi connectivity index (χ1v) is 20.9. The van der Waals surface area contributed by atoms with E-state index in [1.54, 1.807) is 0 Å². The predicted molar refractivity (Wildman–Crippen MR) is 221 cm³/mol. The minimum Gasteiger partial charge on any atom is -0.287 e. The van der Waals surface area contributed by atoms with Crippen LogP contribution in [0.15, 0.2) is 128 Å². The summed E-state index contributed by atoms with van der Waals surface area (Å²) >= 11 is 0. The van der Waals surface area contributed by atoms with Gasteiger partial charge in [-0.1, -0.05) is 92.7 Å². The van der Waals surface area contributed by atoms with E-state index in [9.17, 15) is 110 Å². The molecule has 0 aliphatic rings. The van der Waals surface area contributed by atoms with Crippen molar-refractivity contribution < 1.29 is 115 Å². The van der Waals surface area contributed by atoms with Gasteiger partial charge >= 0.3 is 49.4 Å². The molecule has 0 saturated heterocycles. The largest absolute Gasteiger partial charge is 0.416 e. The number of aromatic nitrogens is 1. The van der Waals surface area contributed by atoms with E-state index in [1.165, 1.54) is 5.56 Å². The Balaban J connectivity index is 0.000000483. The SMILES string of the molecule is CC(C)C(=O)c1cccc[n+]1Cc1ccccc1.FC(F)(F)c1cc([B-](c2cc(C(F)(F)F)cc(C(F)(F)F)c2)(c2cc(C(F)(F)F)cc(C(F)(F)F)c2)c2cc(C(F)(F)F)cc(C(F)(F)F)c2)cc(C(F)(F)F)c1. The highest BCUT2D eigenvalue weighted by Crippen LogP contribution is 2.41. The lowest BCUT2D eigenvalue weighted by Crippen LogP contribution is -2.75. The topological polar surface area (TPSA) is 20.9 Å². The molecule has 2 nitrogen and oxygen atoms in total. The third kappa shape index (κ3) is 13.8. The third-order valence-electron chi connectivity index (χ3n) is 11.4. The van der Waals surface area contributed by atoms with Crippen molar-refractivity contribution >= 4 is 33.8 Å². The second kappa shape index (κ2) is 20.4. The van der Waals surface area contributed by atoms with Gasteiger partial charge in [-0.05, 0) is 30.3 Å². The number of carbonyl (C=O) groups excluding carboxylic acids is 1. The van der Waals surface area contributed by atoms with Crippen LogP contribution in [0.25, 0.3) is 0 Å². The molecule has 27 heteroatoms. The van der Waals surface area contributed by atoms with E-state index in [0.29, 0.717) is 0 Å². The number of nitrogens with zero attached hydrogens (tertiary/aromatic N) is 1. The highest BCUT2D eigenvalue weighted by atomic mass is 19.4. The molecule has 0 spiro atoms. The van der Waals surface area contributed by atoms with Crippen molar-refractivity contribution in [3.8, 4) is 0 Å². The summed E-state index contributed by atoms with van der Waals surface area (Å²) in [5.41, 5.74) is -28.2. The molecule has 0 saturated carbocycles. The van der Waals surface area contributed by atoms with Gasteiger partial charge in [-0.15, -0.1) is 0 Å². The van der Waals surface area contributed by atoms with Gasteiger partial charge in [-0.25, -0.2) is 0 Å². The van der Waals surface area contributed by atoms with Gasteiger partial charge in [-0.2, -0.15) is 132 Å². The molecule has 404 valence electrons. The fourth-order valence-electron chi connectivity index (χ4n) is 7.98. The van der Waals surface area contributed by atoms with E-state index in [4.69, 9.17) is 0 Å². The summed E-state index contributed by atoms with van der Waals surface area (Å²) < 4.78 is 343. The summed E-state index contributed by atoms with van der Waals surface area (Å²) in [7, 11) is 0. The lowest BCUT2D eigenvalue weighted by molar-refractivity contribution is -0.690. The Morgan fingerprint density at radius 3 is 0.840 bits per heavy atom. The summed E-state index contributed by atoms with van der Waals surface area (Å²) in [4.78, 5) is 12.1. The quantitative estimate of drug-likeness (QED) is 0.0644. The van der Waals surface area contributed by atoms with Gasteiger partial charge in [0.15, 0.2) is 12.7 Å². The first kappa shape index (κ1) is 59.2. The van der Waals surface area contributed by atoms with Crippen molar-refractivity contribution in [1.29, 1.82) is 0 Å². The molecular weight excluding hydrogens is 1070 g/mol. The van der Waals surface area contributed by atoms with Crippen LogP contribution in [0.4, 0.5) is 105 Å². The van der Waals surface area contributed by atoms with Crippen molar-refractivity contribution in [1.82, 2.24) is 0 Å². The number of benzene rings is 5. The Kier molecular flexibility index (Phi) is 16.1. The molecule has 6 aromatic rings. The van der Waals surface area contributed by atoms with E-state index in [0.717, 1.165) is 12.2 Å². The summed E-state index contributed by atoms with van der Waals surface area (Å²) in [5.74, 6) is 0.209. The molecule has 0 amide bonds. The second-order valence-corrected chi connectivity index (χ2v) is 16.9. The van der Waals surface area contributed by atoms with Crippen molar-refractivity contribution in [3.05, 3.63) is 183 Å². The fourth-order valence-corrected chi connectivity index (χ4v) is 7.98. The van der Waals surface area contributed by atoms with E-state index in [-0.39, 0.29) is 11.7 Å². The maximum atomic E-state index is 14.2. The predicted octanol–water partition coefficient (Wildman–Crippen LogP) is 14.1. The Morgan fingerprint density at radius 1 is 0.373 bits per heavy atom. The van der Waals surface area contributed by atoms with Gasteiger partial charge in [0, 0.05) is 23.6 Å². The highest BCUT2D eigenvalue weighted by Gasteiger charge is 2.47. The molecule has 5 aromatic carbocycles. The Hall–Kier alpha value is -6.70. The summed E-state index contributed by atoms with van der Waals surface area (Å²) in [5, 5.41) is 0. The van der Waals surface area contributed by atoms with Crippen LogP contribution in [0.3, 0.4) is 0 Å². The van der Waals surface area contributed by atoms with Crippen LogP contribution >= 0.6 is 0 Å². The molecule has 0 fully saturated rings. The smallest absolute Gasteiger partial charge is 0.287 e. The van der Waals surface area contributed by atoms with Gasteiger partial charge in [-0.3, -0.25) is 4.79 Å².